The van der Waals surface area contributed by atoms with E-state index in [1.807, 2.05) is 6.92 Å². The summed E-state index contributed by atoms with van der Waals surface area (Å²) in [6.45, 7) is 1.96. The van der Waals surface area contributed by atoms with Gasteiger partial charge in [0, 0.05) is 19.4 Å². The summed E-state index contributed by atoms with van der Waals surface area (Å²) in [7, 11) is 0. The van der Waals surface area contributed by atoms with Crippen LogP contribution in [0.25, 0.3) is 0 Å². The third kappa shape index (κ3) is 2.63. The lowest BCUT2D eigenvalue weighted by Gasteiger charge is -2.49. The van der Waals surface area contributed by atoms with Crippen molar-refractivity contribution in [2.75, 3.05) is 6.61 Å². The van der Waals surface area contributed by atoms with E-state index < -0.39 is 18.0 Å². The Morgan fingerprint density at radius 1 is 1.29 bits per heavy atom. The summed E-state index contributed by atoms with van der Waals surface area (Å²) in [6.07, 6.45) is 1.20. The van der Waals surface area contributed by atoms with Crippen molar-refractivity contribution in [3.05, 3.63) is 0 Å². The van der Waals surface area contributed by atoms with Crippen LogP contribution in [0.15, 0.2) is 0 Å². The van der Waals surface area contributed by atoms with Crippen molar-refractivity contribution in [2.45, 2.75) is 69.2 Å². The summed E-state index contributed by atoms with van der Waals surface area (Å²) < 4.78 is 11.6. The molecule has 0 aromatic carbocycles. The standard InChI is InChI=1S/C12H22O5/c1-8-3-2-5-12(16-8)11(15)10(14)7-9(17-12)4-6-13/h8-11,13-15H,2-7H2,1H3/t8-,9-,10+,11-,12+/m0/s1. The highest BCUT2D eigenvalue weighted by Crippen LogP contribution is 2.40. The Balaban J connectivity index is 2.11. The minimum absolute atomic E-state index is 0.0130. The lowest BCUT2D eigenvalue weighted by molar-refractivity contribution is -0.365. The quantitative estimate of drug-likeness (QED) is 0.647. The molecule has 0 amide bonds. The summed E-state index contributed by atoms with van der Waals surface area (Å²) in [5.41, 5.74) is 0. The zero-order chi connectivity index (χ0) is 12.5. The first-order valence-electron chi connectivity index (χ1n) is 6.40. The summed E-state index contributed by atoms with van der Waals surface area (Å²) in [5.74, 6) is -1.07. The van der Waals surface area contributed by atoms with Gasteiger partial charge in [0.2, 0.25) is 0 Å². The molecule has 100 valence electrons. The van der Waals surface area contributed by atoms with E-state index in [0.717, 1.165) is 12.8 Å². The highest BCUT2D eigenvalue weighted by molar-refractivity contribution is 4.94. The third-order valence-corrected chi connectivity index (χ3v) is 3.67. The van der Waals surface area contributed by atoms with Crippen molar-refractivity contribution in [1.82, 2.24) is 0 Å². The van der Waals surface area contributed by atoms with Crippen LogP contribution in [0.4, 0.5) is 0 Å². The SMILES string of the molecule is C[C@H]1CCC[C@]2(O[C@@H](CCO)C[C@@H](O)[C@@H]2O)O1. The summed E-state index contributed by atoms with van der Waals surface area (Å²) >= 11 is 0. The van der Waals surface area contributed by atoms with Crippen LogP contribution >= 0.6 is 0 Å². The van der Waals surface area contributed by atoms with Crippen molar-refractivity contribution in [1.29, 1.82) is 0 Å². The zero-order valence-electron chi connectivity index (χ0n) is 10.2. The van der Waals surface area contributed by atoms with Crippen LogP contribution in [0.5, 0.6) is 0 Å². The van der Waals surface area contributed by atoms with Gasteiger partial charge in [-0.05, 0) is 26.2 Å². The van der Waals surface area contributed by atoms with Gasteiger partial charge in [0.25, 0.3) is 0 Å². The van der Waals surface area contributed by atoms with Crippen LogP contribution in [-0.2, 0) is 9.47 Å². The molecular weight excluding hydrogens is 224 g/mol. The van der Waals surface area contributed by atoms with Gasteiger partial charge in [-0.25, -0.2) is 0 Å². The Morgan fingerprint density at radius 3 is 2.71 bits per heavy atom. The first-order valence-corrected chi connectivity index (χ1v) is 6.40. The van der Waals surface area contributed by atoms with Gasteiger partial charge in [0.05, 0.1) is 18.3 Å². The highest BCUT2D eigenvalue weighted by atomic mass is 16.7. The van der Waals surface area contributed by atoms with Crippen molar-refractivity contribution in [3.63, 3.8) is 0 Å². The van der Waals surface area contributed by atoms with E-state index in [1.165, 1.54) is 0 Å². The smallest absolute Gasteiger partial charge is 0.197 e. The first kappa shape index (κ1) is 13.2. The molecule has 0 radical (unpaired) electrons. The Kier molecular flexibility index (Phi) is 4.05. The second-order valence-corrected chi connectivity index (χ2v) is 5.13. The second-order valence-electron chi connectivity index (χ2n) is 5.13. The molecule has 2 rings (SSSR count). The van der Waals surface area contributed by atoms with Crippen LogP contribution in [0, 0.1) is 0 Å². The number of aliphatic hydroxyl groups is 3. The Labute approximate surface area is 101 Å². The van der Waals surface area contributed by atoms with Crippen molar-refractivity contribution < 1.29 is 24.8 Å². The minimum atomic E-state index is -1.07. The van der Waals surface area contributed by atoms with E-state index in [2.05, 4.69) is 0 Å². The number of rotatable bonds is 2. The maximum Gasteiger partial charge on any atom is 0.197 e. The van der Waals surface area contributed by atoms with Crippen LogP contribution in [0.3, 0.4) is 0 Å². The lowest BCUT2D eigenvalue weighted by Crippen LogP contribution is -2.61. The molecule has 0 bridgehead atoms. The average Bonchev–Trinajstić information content (AvgIpc) is 2.26. The summed E-state index contributed by atoms with van der Waals surface area (Å²) in [4.78, 5) is 0. The van der Waals surface area contributed by atoms with Gasteiger partial charge >= 0.3 is 0 Å². The van der Waals surface area contributed by atoms with Gasteiger partial charge in [-0.1, -0.05) is 0 Å². The monoisotopic (exact) mass is 246 g/mol. The van der Waals surface area contributed by atoms with Gasteiger partial charge < -0.3 is 24.8 Å². The number of hydrogen-bond donors (Lipinski definition) is 3. The van der Waals surface area contributed by atoms with E-state index in [-0.39, 0.29) is 18.8 Å². The van der Waals surface area contributed by atoms with E-state index >= 15 is 0 Å². The van der Waals surface area contributed by atoms with Crippen molar-refractivity contribution in [3.8, 4) is 0 Å². The summed E-state index contributed by atoms with van der Waals surface area (Å²) in [6, 6.07) is 0. The molecule has 0 saturated carbocycles. The molecule has 2 fully saturated rings. The molecule has 2 aliphatic rings. The van der Waals surface area contributed by atoms with Crippen LogP contribution in [-0.4, -0.2) is 52.1 Å². The van der Waals surface area contributed by atoms with Gasteiger partial charge in [0.1, 0.15) is 6.10 Å². The van der Waals surface area contributed by atoms with E-state index in [1.54, 1.807) is 0 Å². The number of aliphatic hydroxyl groups excluding tert-OH is 3. The van der Waals surface area contributed by atoms with E-state index in [0.29, 0.717) is 19.3 Å². The van der Waals surface area contributed by atoms with Gasteiger partial charge in [0.15, 0.2) is 5.79 Å². The predicted molar refractivity (Wildman–Crippen MR) is 60.3 cm³/mol. The molecule has 0 aliphatic carbocycles. The normalized spacial score (nSPS) is 47.3. The van der Waals surface area contributed by atoms with E-state index in [4.69, 9.17) is 14.6 Å². The zero-order valence-corrected chi connectivity index (χ0v) is 10.2. The molecule has 0 aromatic rings. The largest absolute Gasteiger partial charge is 0.396 e. The molecule has 2 aliphatic heterocycles. The average molecular weight is 246 g/mol. The fourth-order valence-electron chi connectivity index (χ4n) is 2.81. The van der Waals surface area contributed by atoms with Crippen LogP contribution in [0.1, 0.15) is 39.0 Å². The molecular formula is C12H22O5. The molecule has 5 nitrogen and oxygen atoms in total. The molecule has 17 heavy (non-hydrogen) atoms. The fraction of sp³-hybridized carbons (Fsp3) is 1.00. The molecule has 0 unspecified atom stereocenters. The first-order chi connectivity index (χ1) is 8.07. The highest BCUT2D eigenvalue weighted by Gasteiger charge is 2.51. The molecule has 5 heteroatoms. The van der Waals surface area contributed by atoms with Gasteiger partial charge in [-0.2, -0.15) is 0 Å². The molecule has 3 N–H and O–H groups in total. The molecule has 2 heterocycles. The third-order valence-electron chi connectivity index (χ3n) is 3.67. The Morgan fingerprint density at radius 2 is 2.06 bits per heavy atom. The molecule has 5 atom stereocenters. The minimum Gasteiger partial charge on any atom is -0.396 e. The van der Waals surface area contributed by atoms with Crippen LogP contribution in [0.2, 0.25) is 0 Å². The molecule has 1 spiro atoms. The molecule has 0 aromatic heterocycles. The maximum absolute atomic E-state index is 10.1. The Hall–Kier alpha value is -0.200. The summed E-state index contributed by atoms with van der Waals surface area (Å²) in [5, 5.41) is 28.9. The predicted octanol–water partition coefficient (Wildman–Crippen LogP) is 0.165. The van der Waals surface area contributed by atoms with E-state index in [9.17, 15) is 10.2 Å². The number of hydrogen-bond acceptors (Lipinski definition) is 5. The van der Waals surface area contributed by atoms with Crippen molar-refractivity contribution >= 4 is 0 Å². The van der Waals surface area contributed by atoms with Gasteiger partial charge in [-0.15, -0.1) is 0 Å². The second kappa shape index (κ2) is 5.20. The lowest BCUT2D eigenvalue weighted by atomic mass is 9.88. The van der Waals surface area contributed by atoms with Gasteiger partial charge in [-0.3, -0.25) is 0 Å². The number of ether oxygens (including phenoxy) is 2. The van der Waals surface area contributed by atoms with Crippen LogP contribution < -0.4 is 0 Å². The Bertz CT molecular complexity index is 259. The van der Waals surface area contributed by atoms with Crippen molar-refractivity contribution in [2.24, 2.45) is 0 Å². The topological polar surface area (TPSA) is 79.2 Å². The maximum atomic E-state index is 10.1. The fourth-order valence-corrected chi connectivity index (χ4v) is 2.81. The molecule has 2 saturated heterocycles.